The lowest BCUT2D eigenvalue weighted by Crippen LogP contribution is -2.32. The van der Waals surface area contributed by atoms with Crippen LogP contribution in [0.4, 0.5) is 0 Å². The number of carboxylic acid groups (broad SMARTS) is 1. The summed E-state index contributed by atoms with van der Waals surface area (Å²) in [6.07, 6.45) is 16.3. The van der Waals surface area contributed by atoms with Crippen LogP contribution in [0.1, 0.15) is 90.2 Å². The zero-order chi connectivity index (χ0) is 52.3. The van der Waals surface area contributed by atoms with E-state index in [1.54, 1.807) is 63.2 Å². The van der Waals surface area contributed by atoms with Crippen molar-refractivity contribution in [2.45, 2.75) is 138 Å². The zero-order valence-electron chi connectivity index (χ0n) is 43.9. The predicted octanol–water partition coefficient (Wildman–Crippen LogP) is 9.97. The Labute approximate surface area is 428 Å². The molecule has 0 aliphatic heterocycles. The van der Waals surface area contributed by atoms with Gasteiger partial charge in [0.05, 0.1) is 17.9 Å². The van der Waals surface area contributed by atoms with Gasteiger partial charge in [0.25, 0.3) is 0 Å². The highest BCUT2D eigenvalue weighted by molar-refractivity contribution is 6.76. The van der Waals surface area contributed by atoms with Crippen LogP contribution in [0.15, 0.2) is 61.2 Å². The van der Waals surface area contributed by atoms with Crippen LogP contribution in [0.2, 0.25) is 25.7 Å². The monoisotopic (exact) mass is 1020 g/mol. The van der Waals surface area contributed by atoms with Crippen LogP contribution in [-0.2, 0) is 25.8 Å². The second-order valence-corrected chi connectivity index (χ2v) is 26.9. The first kappa shape index (κ1) is 54.0. The van der Waals surface area contributed by atoms with Gasteiger partial charge in [0, 0.05) is 73.9 Å². The molecule has 2 aliphatic carbocycles. The summed E-state index contributed by atoms with van der Waals surface area (Å²) in [6, 6.07) is 13.3. The number of aliphatic carboxylic acids is 1. The van der Waals surface area contributed by atoms with Crippen LogP contribution in [0.25, 0.3) is 45.3 Å². The quantitative estimate of drug-likeness (QED) is 0.0388. The number of esters is 1. The van der Waals surface area contributed by atoms with E-state index in [1.807, 2.05) is 44.2 Å². The van der Waals surface area contributed by atoms with Crippen LogP contribution in [0.3, 0.4) is 0 Å². The topological polar surface area (TPSA) is 234 Å². The number of aryl methyl sites for hydroxylation is 2. The molecule has 0 unspecified atom stereocenters. The van der Waals surface area contributed by atoms with Crippen LogP contribution >= 0.6 is 0 Å². The molecule has 0 radical (unpaired) electrons. The third-order valence-corrected chi connectivity index (χ3v) is 14.4. The number of pyridine rings is 4. The molecule has 2 saturated carbocycles. The van der Waals surface area contributed by atoms with E-state index in [9.17, 15) is 14.7 Å². The van der Waals surface area contributed by atoms with E-state index in [4.69, 9.17) is 33.4 Å². The van der Waals surface area contributed by atoms with Gasteiger partial charge in [-0.2, -0.15) is 14.6 Å². The predicted molar refractivity (Wildman–Crippen MR) is 277 cm³/mol. The Kier molecular flexibility index (Phi) is 17.6. The van der Waals surface area contributed by atoms with Gasteiger partial charge in [-0.3, -0.25) is 24.7 Å². The number of ether oxygens (including phenoxy) is 6. The first-order chi connectivity index (χ1) is 34.8. The van der Waals surface area contributed by atoms with E-state index in [1.165, 1.54) is 32.8 Å². The lowest BCUT2D eigenvalue weighted by atomic mass is 9.95. The number of rotatable bonds is 21. The fraction of sp³-hybridized carbons (Fsp3) is 0.509. The summed E-state index contributed by atoms with van der Waals surface area (Å²) < 4.78 is 35.9. The van der Waals surface area contributed by atoms with Crippen LogP contribution in [-0.4, -0.2) is 114 Å². The minimum Gasteiger partial charge on any atom is -0.481 e. The highest BCUT2D eigenvalue weighted by Gasteiger charge is 2.31. The Hall–Kier alpha value is -6.80. The molecule has 19 nitrogen and oxygen atoms in total. The molecule has 20 heteroatoms. The molecule has 0 saturated heterocycles. The second-order valence-electron chi connectivity index (χ2n) is 21.3. The molecule has 2 fully saturated rings. The van der Waals surface area contributed by atoms with Crippen molar-refractivity contribution in [1.82, 2.24) is 49.9 Å². The number of aromatic nitrogens is 10. The third-order valence-electron chi connectivity index (χ3n) is 12.7. The van der Waals surface area contributed by atoms with Crippen molar-refractivity contribution in [3.63, 3.8) is 0 Å². The highest BCUT2D eigenvalue weighted by Crippen LogP contribution is 2.31. The molecule has 73 heavy (non-hydrogen) atoms. The second kappa shape index (κ2) is 23.8. The highest BCUT2D eigenvalue weighted by atomic mass is 28.3. The first-order valence-electron chi connectivity index (χ1n) is 25.0. The van der Waals surface area contributed by atoms with Crippen LogP contribution in [0, 0.1) is 24.7 Å². The lowest BCUT2D eigenvalue weighted by molar-refractivity contribution is -0.152. The molecule has 0 bridgehead atoms. The molecule has 6 heterocycles. The Bertz CT molecular complexity index is 2780. The SMILES string of the molecule is COC(=O)C(C)(C)COc1cc(C)c(-c2ccc(-c3nc(OC4CCCC4)n(COCC[Si](C)(C)C)n3)nc2)cn1.Cc1cc(OCC(C)(C)C(=O)O)ncc1-c1ccc(-c2nc(OC3CCCC3)n[nH]2)nc1. The smallest absolute Gasteiger partial charge is 0.336 e. The molecular weight excluding hydrogens is 949 g/mol. The van der Waals surface area contributed by atoms with Gasteiger partial charge in [-0.25, -0.2) is 9.97 Å². The van der Waals surface area contributed by atoms with Gasteiger partial charge in [0.1, 0.15) is 43.5 Å². The van der Waals surface area contributed by atoms with Crippen LogP contribution < -0.4 is 18.9 Å². The maximum atomic E-state index is 11.9. The van der Waals surface area contributed by atoms with Gasteiger partial charge in [0.15, 0.2) is 5.82 Å². The van der Waals surface area contributed by atoms with Gasteiger partial charge >= 0.3 is 24.0 Å². The molecule has 2 N–H and O–H groups in total. The molecule has 0 spiro atoms. The van der Waals surface area contributed by atoms with Crippen molar-refractivity contribution in [2.24, 2.45) is 10.8 Å². The molecule has 6 aromatic rings. The summed E-state index contributed by atoms with van der Waals surface area (Å²) in [5.74, 6) is 0.657. The largest absolute Gasteiger partial charge is 0.481 e. The van der Waals surface area contributed by atoms with Crippen molar-refractivity contribution in [1.29, 1.82) is 0 Å². The number of methoxy groups -OCH3 is 1. The summed E-state index contributed by atoms with van der Waals surface area (Å²) in [7, 11) is 0.187. The molecule has 0 atom stereocenters. The van der Waals surface area contributed by atoms with E-state index >= 15 is 0 Å². The van der Waals surface area contributed by atoms with Gasteiger partial charge in [-0.1, -0.05) is 31.8 Å². The zero-order valence-corrected chi connectivity index (χ0v) is 44.9. The maximum Gasteiger partial charge on any atom is 0.336 e. The van der Waals surface area contributed by atoms with E-state index in [2.05, 4.69) is 59.9 Å². The Morgan fingerprint density at radius 1 is 0.740 bits per heavy atom. The summed E-state index contributed by atoms with van der Waals surface area (Å²) in [5.41, 5.74) is 5.15. The molecule has 6 aromatic heterocycles. The number of hydrogen-bond acceptors (Lipinski definition) is 16. The fourth-order valence-corrected chi connectivity index (χ4v) is 8.72. The molecule has 8 rings (SSSR count). The van der Waals surface area contributed by atoms with E-state index in [0.29, 0.717) is 60.2 Å². The van der Waals surface area contributed by atoms with Gasteiger partial charge in [-0.15, -0.1) is 10.2 Å². The Balaban J connectivity index is 0.000000220. The van der Waals surface area contributed by atoms with Crippen molar-refractivity contribution < 1.29 is 43.1 Å². The number of carboxylic acids is 1. The average molecular weight is 1020 g/mol. The third kappa shape index (κ3) is 14.9. The van der Waals surface area contributed by atoms with E-state index < -0.39 is 24.9 Å². The summed E-state index contributed by atoms with van der Waals surface area (Å²) in [5, 5.41) is 20.9. The maximum absolute atomic E-state index is 11.9. The average Bonchev–Trinajstić information content (AvgIpc) is 4.22. The molecule has 0 aromatic carbocycles. The van der Waals surface area contributed by atoms with Gasteiger partial charge < -0.3 is 33.5 Å². The van der Waals surface area contributed by atoms with Gasteiger partial charge in [-0.05, 0) is 122 Å². The summed E-state index contributed by atoms with van der Waals surface area (Å²) in [6.45, 7) is 18.9. The van der Waals surface area contributed by atoms with Crippen molar-refractivity contribution in [3.05, 3.63) is 72.3 Å². The number of H-pyrrole nitrogens is 1. The summed E-state index contributed by atoms with van der Waals surface area (Å²) in [4.78, 5) is 50.2. The minimum atomic E-state index is -1.18. The number of aromatic amines is 1. The van der Waals surface area contributed by atoms with Crippen molar-refractivity contribution in [2.75, 3.05) is 26.9 Å². The molecule has 0 amide bonds. The van der Waals surface area contributed by atoms with E-state index in [-0.39, 0.29) is 31.4 Å². The number of hydrogen-bond donors (Lipinski definition) is 2. The van der Waals surface area contributed by atoms with Crippen molar-refractivity contribution in [3.8, 4) is 69.1 Å². The number of carbonyl (C=O) groups is 2. The number of carbonyl (C=O) groups excluding carboxylic acids is 1. The first-order valence-corrected chi connectivity index (χ1v) is 28.7. The summed E-state index contributed by atoms with van der Waals surface area (Å²) >= 11 is 0. The normalized spacial score (nSPS) is 14.4. The minimum absolute atomic E-state index is 0.0357. The van der Waals surface area contributed by atoms with Crippen molar-refractivity contribution >= 4 is 20.0 Å². The standard InChI is InChI=1S/C30H43N5O5Si.C23H27N5O4/c1-21-16-26(39-19-30(2,3)28(36)37-4)32-18-24(21)22-12-13-25(31-17-22)27-33-29(40-23-10-8-9-11-23)35(34-27)20-38-14-15-41(5,6)7;1-14-10-19(31-13-23(2,3)21(29)30)25-12-17(14)15-8-9-18(24-11-15)20-26-22(28-27-20)32-16-6-4-5-7-16/h12-13,16-18,23H,8-11,14-15,19-20H2,1-7H3;8-12,16H,4-7,13H2,1-3H3,(H,29,30)(H,26,27,28). The van der Waals surface area contributed by atoms with Gasteiger partial charge in [0.2, 0.25) is 17.6 Å². The number of nitrogens with one attached hydrogen (secondary N) is 1. The van der Waals surface area contributed by atoms with Crippen LogP contribution in [0.5, 0.6) is 23.8 Å². The molecule has 390 valence electrons. The Morgan fingerprint density at radius 3 is 1.79 bits per heavy atom. The van der Waals surface area contributed by atoms with E-state index in [0.717, 1.165) is 65.1 Å². The fourth-order valence-electron chi connectivity index (χ4n) is 7.97. The molecular formula is C53H70N10O9Si. The molecule has 2 aliphatic rings. The number of nitrogens with zero attached hydrogens (tertiary/aromatic N) is 9. The Morgan fingerprint density at radius 2 is 1.29 bits per heavy atom. The lowest BCUT2D eigenvalue weighted by Gasteiger charge is -2.21.